The van der Waals surface area contributed by atoms with Gasteiger partial charge in [0.25, 0.3) is 0 Å². The number of aromatic nitrogens is 3. The lowest BCUT2D eigenvalue weighted by Crippen LogP contribution is -1.93. The van der Waals surface area contributed by atoms with Crippen LogP contribution in [0, 0.1) is 0 Å². The predicted octanol–water partition coefficient (Wildman–Crippen LogP) is 0.883. The molecule has 1 heterocycles. The number of methoxy groups -OCH3 is 2. The van der Waals surface area contributed by atoms with E-state index in [-0.39, 0.29) is 5.75 Å². The molecule has 0 aliphatic carbocycles. The molecule has 0 atom stereocenters. The lowest BCUT2D eigenvalue weighted by molar-refractivity contribution is 0.340. The van der Waals surface area contributed by atoms with Crippen molar-refractivity contribution >= 4 is 6.21 Å². The highest BCUT2D eigenvalue weighted by atomic mass is 16.5. The molecule has 0 aliphatic heterocycles. The Morgan fingerprint density at radius 3 is 2.22 bits per heavy atom. The molecule has 2 rings (SSSR count). The number of hydrogen-bond donors (Lipinski definition) is 1. The van der Waals surface area contributed by atoms with E-state index in [0.29, 0.717) is 11.5 Å². The van der Waals surface area contributed by atoms with Crippen LogP contribution in [0.1, 0.15) is 5.56 Å². The predicted molar refractivity (Wildman–Crippen MR) is 64.2 cm³/mol. The van der Waals surface area contributed by atoms with Gasteiger partial charge < -0.3 is 14.6 Å². The summed E-state index contributed by atoms with van der Waals surface area (Å²) < 4.78 is 11.5. The minimum atomic E-state index is -0.0403. The van der Waals surface area contributed by atoms with Crippen LogP contribution in [-0.2, 0) is 0 Å². The van der Waals surface area contributed by atoms with Gasteiger partial charge in [0.2, 0.25) is 5.75 Å². The number of phenols is 1. The maximum atomic E-state index is 9.75. The van der Waals surface area contributed by atoms with Gasteiger partial charge >= 0.3 is 0 Å². The van der Waals surface area contributed by atoms with Gasteiger partial charge in [0, 0.05) is 5.56 Å². The number of phenolic OH excluding ortho intramolecular Hbond substituents is 1. The number of nitrogens with zero attached hydrogens (tertiary/aromatic N) is 4. The van der Waals surface area contributed by atoms with Crippen molar-refractivity contribution in [3.05, 3.63) is 30.4 Å². The molecule has 1 aromatic carbocycles. The van der Waals surface area contributed by atoms with Crippen LogP contribution >= 0.6 is 0 Å². The quantitative estimate of drug-likeness (QED) is 0.812. The summed E-state index contributed by atoms with van der Waals surface area (Å²) in [7, 11) is 2.93. The van der Waals surface area contributed by atoms with E-state index in [1.807, 2.05) is 0 Å². The first-order valence-corrected chi connectivity index (χ1v) is 5.08. The van der Waals surface area contributed by atoms with Crippen LogP contribution in [0.4, 0.5) is 0 Å². The summed E-state index contributed by atoms with van der Waals surface area (Å²) in [4.78, 5) is 0. The minimum Gasteiger partial charge on any atom is -0.502 e. The van der Waals surface area contributed by atoms with Gasteiger partial charge in [-0.25, -0.2) is 4.68 Å². The Bertz CT molecular complexity index is 526. The second-order valence-corrected chi connectivity index (χ2v) is 3.36. The Balaban J connectivity index is 2.33. The summed E-state index contributed by atoms with van der Waals surface area (Å²) >= 11 is 0. The Hall–Kier alpha value is -2.57. The molecule has 0 spiro atoms. The molecule has 0 saturated heterocycles. The normalized spacial score (nSPS) is 10.8. The van der Waals surface area contributed by atoms with E-state index < -0.39 is 0 Å². The molecular formula is C11H12N4O3. The molecule has 0 amide bonds. The molecule has 0 radical (unpaired) electrons. The fraction of sp³-hybridized carbons (Fsp3) is 0.182. The third-order valence-electron chi connectivity index (χ3n) is 2.25. The highest BCUT2D eigenvalue weighted by Gasteiger charge is 2.10. The average Bonchev–Trinajstić information content (AvgIpc) is 2.90. The summed E-state index contributed by atoms with van der Waals surface area (Å²) in [6.07, 6.45) is 4.50. The van der Waals surface area contributed by atoms with Crippen molar-refractivity contribution in [1.82, 2.24) is 14.9 Å². The van der Waals surface area contributed by atoms with Gasteiger partial charge in [0.1, 0.15) is 12.7 Å². The lowest BCUT2D eigenvalue weighted by atomic mass is 10.2. The molecule has 0 aliphatic rings. The molecule has 0 fully saturated rings. The number of benzene rings is 1. The van der Waals surface area contributed by atoms with Crippen molar-refractivity contribution in [1.29, 1.82) is 0 Å². The largest absolute Gasteiger partial charge is 0.502 e. The average molecular weight is 248 g/mol. The van der Waals surface area contributed by atoms with Crippen LogP contribution in [0.2, 0.25) is 0 Å². The fourth-order valence-corrected chi connectivity index (χ4v) is 1.38. The second kappa shape index (κ2) is 5.17. The van der Waals surface area contributed by atoms with Crippen molar-refractivity contribution in [3.8, 4) is 17.2 Å². The molecule has 1 N–H and O–H groups in total. The topological polar surface area (TPSA) is 81.8 Å². The van der Waals surface area contributed by atoms with Gasteiger partial charge in [0.05, 0.1) is 20.4 Å². The molecule has 2 aromatic rings. The van der Waals surface area contributed by atoms with Crippen molar-refractivity contribution in [2.24, 2.45) is 5.10 Å². The molecule has 18 heavy (non-hydrogen) atoms. The molecular weight excluding hydrogens is 236 g/mol. The summed E-state index contributed by atoms with van der Waals surface area (Å²) in [6.45, 7) is 0. The smallest absolute Gasteiger partial charge is 0.200 e. The highest BCUT2D eigenvalue weighted by Crippen LogP contribution is 2.36. The molecule has 0 saturated carbocycles. The number of rotatable bonds is 4. The molecule has 7 heteroatoms. The summed E-state index contributed by atoms with van der Waals surface area (Å²) in [5.41, 5.74) is 0.718. The van der Waals surface area contributed by atoms with Crippen LogP contribution in [0.3, 0.4) is 0 Å². The Labute approximate surface area is 103 Å². The minimum absolute atomic E-state index is 0.0403. The van der Waals surface area contributed by atoms with E-state index in [1.165, 1.54) is 31.6 Å². The maximum Gasteiger partial charge on any atom is 0.200 e. The van der Waals surface area contributed by atoms with Gasteiger partial charge in [-0.3, -0.25) is 0 Å². The fourth-order valence-electron chi connectivity index (χ4n) is 1.38. The lowest BCUT2D eigenvalue weighted by Gasteiger charge is -2.09. The zero-order chi connectivity index (χ0) is 13.0. The SMILES string of the molecule is COc1cc(/C=N/n2cnnc2)cc(OC)c1O. The van der Waals surface area contributed by atoms with Crippen LogP contribution in [0.25, 0.3) is 0 Å². The number of aromatic hydroxyl groups is 1. The Morgan fingerprint density at radius 1 is 1.17 bits per heavy atom. The van der Waals surface area contributed by atoms with E-state index in [4.69, 9.17) is 9.47 Å². The van der Waals surface area contributed by atoms with E-state index >= 15 is 0 Å². The third kappa shape index (κ3) is 2.40. The standard InChI is InChI=1S/C11H12N4O3/c1-17-9-3-8(4-10(18-2)11(9)16)5-14-15-6-12-13-7-15/h3-7,16H,1-2H3/b14-5+. The molecule has 1 aromatic heterocycles. The van der Waals surface area contributed by atoms with Gasteiger partial charge in [-0.15, -0.1) is 10.2 Å². The van der Waals surface area contributed by atoms with Crippen molar-refractivity contribution in [2.45, 2.75) is 0 Å². The van der Waals surface area contributed by atoms with Gasteiger partial charge in [-0.1, -0.05) is 0 Å². The zero-order valence-corrected chi connectivity index (χ0v) is 9.94. The van der Waals surface area contributed by atoms with Crippen LogP contribution in [0.5, 0.6) is 17.2 Å². The summed E-state index contributed by atoms with van der Waals surface area (Å²) in [5, 5.41) is 21.1. The van der Waals surface area contributed by atoms with Crippen LogP contribution in [-0.4, -0.2) is 40.4 Å². The van der Waals surface area contributed by atoms with Gasteiger partial charge in [-0.2, -0.15) is 5.10 Å². The van der Waals surface area contributed by atoms with Crippen molar-refractivity contribution < 1.29 is 14.6 Å². The third-order valence-corrected chi connectivity index (χ3v) is 2.25. The number of ether oxygens (including phenoxy) is 2. The maximum absolute atomic E-state index is 9.75. The summed E-state index contributed by atoms with van der Waals surface area (Å²) in [5.74, 6) is 0.598. The van der Waals surface area contributed by atoms with Gasteiger partial charge in [0.15, 0.2) is 11.5 Å². The van der Waals surface area contributed by atoms with Crippen molar-refractivity contribution in [2.75, 3.05) is 14.2 Å². The number of hydrogen-bond acceptors (Lipinski definition) is 6. The van der Waals surface area contributed by atoms with Gasteiger partial charge in [-0.05, 0) is 12.1 Å². The molecule has 0 unspecified atom stereocenters. The first-order chi connectivity index (χ1) is 8.74. The molecule has 0 bridgehead atoms. The molecule has 7 nitrogen and oxygen atoms in total. The summed E-state index contributed by atoms with van der Waals surface area (Å²) in [6, 6.07) is 3.29. The van der Waals surface area contributed by atoms with E-state index in [0.717, 1.165) is 5.56 Å². The van der Waals surface area contributed by atoms with Crippen molar-refractivity contribution in [3.63, 3.8) is 0 Å². The van der Waals surface area contributed by atoms with E-state index in [2.05, 4.69) is 15.3 Å². The Morgan fingerprint density at radius 2 is 1.72 bits per heavy atom. The second-order valence-electron chi connectivity index (χ2n) is 3.36. The van der Waals surface area contributed by atoms with Crippen LogP contribution in [0.15, 0.2) is 29.9 Å². The highest BCUT2D eigenvalue weighted by molar-refractivity contribution is 5.82. The zero-order valence-electron chi connectivity index (χ0n) is 9.94. The van der Waals surface area contributed by atoms with E-state index in [9.17, 15) is 5.11 Å². The first-order valence-electron chi connectivity index (χ1n) is 5.08. The van der Waals surface area contributed by atoms with Crippen LogP contribution < -0.4 is 9.47 Å². The molecule has 94 valence electrons. The first kappa shape index (κ1) is 11.9. The van der Waals surface area contributed by atoms with E-state index in [1.54, 1.807) is 18.3 Å². The monoisotopic (exact) mass is 248 g/mol. The Kier molecular flexibility index (Phi) is 3.42.